The van der Waals surface area contributed by atoms with Crippen LogP contribution in [0.2, 0.25) is 0 Å². The molecule has 17 heavy (non-hydrogen) atoms. The molecular weight excluding hydrogens is 210 g/mol. The lowest BCUT2D eigenvalue weighted by atomic mass is 9.70. The molecule has 2 nitrogen and oxygen atoms in total. The summed E-state index contributed by atoms with van der Waals surface area (Å²) in [7, 11) is 0. The molecule has 0 radical (unpaired) electrons. The summed E-state index contributed by atoms with van der Waals surface area (Å²) < 4.78 is 6.00. The van der Waals surface area contributed by atoms with Crippen molar-refractivity contribution in [1.29, 1.82) is 0 Å². The third kappa shape index (κ3) is 1.90. The third-order valence-electron chi connectivity index (χ3n) is 4.51. The van der Waals surface area contributed by atoms with Gasteiger partial charge in [-0.15, -0.1) is 0 Å². The number of nitrogens with two attached hydrogens (primary N) is 1. The zero-order valence-electron chi connectivity index (χ0n) is 10.5. The molecule has 2 heteroatoms. The van der Waals surface area contributed by atoms with Gasteiger partial charge in [0, 0.05) is 12.0 Å². The fourth-order valence-corrected chi connectivity index (χ4v) is 3.48. The Morgan fingerprint density at radius 1 is 1.29 bits per heavy atom. The molecule has 2 heterocycles. The average Bonchev–Trinajstić information content (AvgIpc) is 2.93. The Morgan fingerprint density at radius 2 is 2.06 bits per heavy atom. The van der Waals surface area contributed by atoms with E-state index in [4.69, 9.17) is 10.5 Å². The highest BCUT2D eigenvalue weighted by atomic mass is 16.5. The van der Waals surface area contributed by atoms with Crippen LogP contribution in [0.4, 0.5) is 0 Å². The second-order valence-electron chi connectivity index (χ2n) is 5.76. The van der Waals surface area contributed by atoms with E-state index in [1.165, 1.54) is 24.0 Å². The molecular formula is C15H21NO. The highest BCUT2D eigenvalue weighted by molar-refractivity contribution is 5.23. The minimum absolute atomic E-state index is 0.207. The summed E-state index contributed by atoms with van der Waals surface area (Å²) in [5, 5.41) is 0. The molecule has 0 saturated carbocycles. The Kier molecular flexibility index (Phi) is 2.72. The molecule has 2 fully saturated rings. The molecule has 0 spiro atoms. The van der Waals surface area contributed by atoms with E-state index in [0.29, 0.717) is 12.2 Å². The lowest BCUT2D eigenvalue weighted by Gasteiger charge is -2.34. The molecule has 92 valence electrons. The number of ether oxygens (including phenoxy) is 1. The van der Waals surface area contributed by atoms with Crippen molar-refractivity contribution >= 4 is 0 Å². The molecule has 1 aromatic rings. The van der Waals surface area contributed by atoms with Gasteiger partial charge in [-0.05, 0) is 38.2 Å². The second-order valence-corrected chi connectivity index (χ2v) is 5.76. The maximum atomic E-state index is 6.05. The van der Waals surface area contributed by atoms with Crippen LogP contribution >= 0.6 is 0 Å². The Labute approximate surface area is 103 Å². The van der Waals surface area contributed by atoms with Gasteiger partial charge in [0.15, 0.2) is 0 Å². The van der Waals surface area contributed by atoms with Crippen LogP contribution in [0.5, 0.6) is 0 Å². The lowest BCUT2D eigenvalue weighted by Crippen LogP contribution is -2.41. The molecule has 2 saturated heterocycles. The maximum absolute atomic E-state index is 6.05. The second kappa shape index (κ2) is 4.11. The zero-order chi connectivity index (χ0) is 11.9. The van der Waals surface area contributed by atoms with E-state index in [9.17, 15) is 0 Å². The molecule has 2 bridgehead atoms. The fraction of sp³-hybridized carbons (Fsp3) is 0.600. The van der Waals surface area contributed by atoms with E-state index in [0.717, 1.165) is 19.4 Å². The van der Waals surface area contributed by atoms with Crippen LogP contribution in [0.25, 0.3) is 0 Å². The van der Waals surface area contributed by atoms with E-state index >= 15 is 0 Å². The van der Waals surface area contributed by atoms with E-state index in [-0.39, 0.29) is 5.41 Å². The van der Waals surface area contributed by atoms with Crippen LogP contribution in [0.3, 0.4) is 0 Å². The number of aryl methyl sites for hydroxylation is 1. The predicted octanol–water partition coefficient (Wildman–Crippen LogP) is 2.43. The van der Waals surface area contributed by atoms with Crippen LogP contribution in [0.1, 0.15) is 30.4 Å². The SMILES string of the molecule is Cc1ccc(CC2(CN)CC3CCC2O3)cc1. The Morgan fingerprint density at radius 3 is 2.59 bits per heavy atom. The first-order valence-electron chi connectivity index (χ1n) is 6.63. The summed E-state index contributed by atoms with van der Waals surface area (Å²) in [5.74, 6) is 0. The average molecular weight is 231 g/mol. The van der Waals surface area contributed by atoms with Gasteiger partial charge in [-0.3, -0.25) is 0 Å². The Bertz CT molecular complexity index is 400. The highest BCUT2D eigenvalue weighted by Crippen LogP contribution is 2.48. The first-order valence-corrected chi connectivity index (χ1v) is 6.63. The number of hydrogen-bond acceptors (Lipinski definition) is 2. The van der Waals surface area contributed by atoms with E-state index in [2.05, 4.69) is 31.2 Å². The minimum Gasteiger partial charge on any atom is -0.374 e. The Balaban J connectivity index is 1.80. The molecule has 3 rings (SSSR count). The van der Waals surface area contributed by atoms with E-state index in [1.54, 1.807) is 0 Å². The number of fused-ring (bicyclic) bond motifs is 2. The van der Waals surface area contributed by atoms with Crippen LogP contribution in [0, 0.1) is 12.3 Å². The van der Waals surface area contributed by atoms with Crippen LogP contribution in [0.15, 0.2) is 24.3 Å². The van der Waals surface area contributed by atoms with Crippen molar-refractivity contribution in [2.45, 2.75) is 44.8 Å². The van der Waals surface area contributed by atoms with Crippen molar-refractivity contribution in [3.63, 3.8) is 0 Å². The molecule has 3 atom stereocenters. The first-order chi connectivity index (χ1) is 8.22. The standard InChI is InChI=1S/C15H21NO/c1-11-2-4-12(5-3-11)8-15(10-16)9-13-6-7-14(15)17-13/h2-5,13-14H,6-10,16H2,1H3. The summed E-state index contributed by atoms with van der Waals surface area (Å²) in [4.78, 5) is 0. The van der Waals surface area contributed by atoms with Crippen molar-refractivity contribution in [2.75, 3.05) is 6.54 Å². The Hall–Kier alpha value is -0.860. The molecule has 0 aromatic heterocycles. The summed E-state index contributed by atoms with van der Waals surface area (Å²) in [6, 6.07) is 8.85. The predicted molar refractivity (Wildman–Crippen MR) is 68.9 cm³/mol. The molecule has 0 amide bonds. The number of benzene rings is 1. The molecule has 3 unspecified atom stereocenters. The van der Waals surface area contributed by atoms with Gasteiger partial charge in [-0.25, -0.2) is 0 Å². The van der Waals surface area contributed by atoms with Crippen LogP contribution in [-0.2, 0) is 11.2 Å². The van der Waals surface area contributed by atoms with Gasteiger partial charge in [-0.2, -0.15) is 0 Å². The van der Waals surface area contributed by atoms with Gasteiger partial charge < -0.3 is 10.5 Å². The van der Waals surface area contributed by atoms with E-state index in [1.807, 2.05) is 0 Å². The smallest absolute Gasteiger partial charge is 0.0652 e. The monoisotopic (exact) mass is 231 g/mol. The summed E-state index contributed by atoms with van der Waals surface area (Å²) in [5.41, 5.74) is 8.98. The van der Waals surface area contributed by atoms with E-state index < -0.39 is 0 Å². The van der Waals surface area contributed by atoms with Gasteiger partial charge >= 0.3 is 0 Å². The minimum atomic E-state index is 0.207. The molecule has 2 N–H and O–H groups in total. The van der Waals surface area contributed by atoms with Crippen molar-refractivity contribution in [3.05, 3.63) is 35.4 Å². The van der Waals surface area contributed by atoms with Crippen molar-refractivity contribution < 1.29 is 4.74 Å². The van der Waals surface area contributed by atoms with Gasteiger partial charge in [0.1, 0.15) is 0 Å². The topological polar surface area (TPSA) is 35.2 Å². The normalized spacial score (nSPS) is 35.4. The lowest BCUT2D eigenvalue weighted by molar-refractivity contribution is 0.0636. The van der Waals surface area contributed by atoms with Gasteiger partial charge in [0.05, 0.1) is 12.2 Å². The molecule has 1 aromatic carbocycles. The van der Waals surface area contributed by atoms with Gasteiger partial charge in [0.2, 0.25) is 0 Å². The molecule has 0 aliphatic carbocycles. The third-order valence-corrected chi connectivity index (χ3v) is 4.51. The van der Waals surface area contributed by atoms with Crippen molar-refractivity contribution in [3.8, 4) is 0 Å². The van der Waals surface area contributed by atoms with Crippen LogP contribution in [-0.4, -0.2) is 18.8 Å². The number of rotatable bonds is 3. The largest absolute Gasteiger partial charge is 0.374 e. The first kappa shape index (κ1) is 11.2. The van der Waals surface area contributed by atoms with Crippen LogP contribution < -0.4 is 5.73 Å². The van der Waals surface area contributed by atoms with Gasteiger partial charge in [-0.1, -0.05) is 29.8 Å². The zero-order valence-corrected chi connectivity index (χ0v) is 10.5. The summed E-state index contributed by atoms with van der Waals surface area (Å²) in [6.45, 7) is 2.88. The fourth-order valence-electron chi connectivity index (χ4n) is 3.48. The summed E-state index contributed by atoms with van der Waals surface area (Å²) >= 11 is 0. The quantitative estimate of drug-likeness (QED) is 0.867. The number of hydrogen-bond donors (Lipinski definition) is 1. The summed E-state index contributed by atoms with van der Waals surface area (Å²) in [6.07, 6.45) is 5.55. The van der Waals surface area contributed by atoms with Crippen molar-refractivity contribution in [2.24, 2.45) is 11.1 Å². The highest BCUT2D eigenvalue weighted by Gasteiger charge is 2.51. The molecule has 2 aliphatic rings. The van der Waals surface area contributed by atoms with Gasteiger partial charge in [0.25, 0.3) is 0 Å². The molecule has 2 aliphatic heterocycles. The maximum Gasteiger partial charge on any atom is 0.0652 e. The van der Waals surface area contributed by atoms with Crippen molar-refractivity contribution in [1.82, 2.24) is 0 Å².